The molecule has 28 heavy (non-hydrogen) atoms. The normalized spacial score (nSPS) is 16.9. The first kappa shape index (κ1) is 20.2. The number of para-hydroxylation sites is 2. The van der Waals surface area contributed by atoms with Crippen molar-refractivity contribution in [3.63, 3.8) is 0 Å². The average Bonchev–Trinajstić information content (AvgIpc) is 2.62. The van der Waals surface area contributed by atoms with Gasteiger partial charge in [-0.15, -0.1) is 0 Å². The van der Waals surface area contributed by atoms with Crippen molar-refractivity contribution in [2.45, 2.75) is 31.2 Å². The fourth-order valence-corrected chi connectivity index (χ4v) is 5.45. The zero-order chi connectivity index (χ0) is 20.8. The molecule has 7 nitrogen and oxygen atoms in total. The monoisotopic (exact) mass is 422 g/mol. The summed E-state index contributed by atoms with van der Waals surface area (Å²) in [6.45, 7) is 3.28. The third kappa shape index (κ3) is 3.22. The molecule has 1 heterocycles. The quantitative estimate of drug-likeness (QED) is 0.817. The summed E-state index contributed by atoms with van der Waals surface area (Å²) in [5.74, 6) is -1.87. The molecule has 148 valence electrons. The molecule has 0 saturated heterocycles. The predicted octanol–water partition coefficient (Wildman–Crippen LogP) is 2.97. The fraction of sp³-hybridized carbons (Fsp3) is 0.263. The topological polar surface area (TPSA) is 95.0 Å². The maximum Gasteiger partial charge on any atom is 0.306 e. The van der Waals surface area contributed by atoms with E-state index in [9.17, 15) is 23.1 Å². The van der Waals surface area contributed by atoms with Gasteiger partial charge in [-0.25, -0.2) is 8.42 Å². The van der Waals surface area contributed by atoms with Crippen LogP contribution in [0.2, 0.25) is 5.02 Å². The highest BCUT2D eigenvalue weighted by Gasteiger charge is 2.44. The number of hydrogen-bond donors (Lipinski definition) is 1. The summed E-state index contributed by atoms with van der Waals surface area (Å²) in [6, 6.07) is 8.09. The second-order valence-corrected chi connectivity index (χ2v) is 8.86. The SMILES string of the molecule is Cc1cc(S(=O)(=O)N2c3ccccc3N(C)C(=O)C2CC(=O)O)c(C)cc1Cl. The number of carboxylic acid groups (broad SMARTS) is 1. The molecule has 2 aromatic carbocycles. The first-order valence-corrected chi connectivity index (χ1v) is 10.3. The number of carbonyl (C=O) groups is 2. The minimum atomic E-state index is -4.23. The molecule has 1 unspecified atom stereocenters. The van der Waals surface area contributed by atoms with Gasteiger partial charge in [-0.1, -0.05) is 23.7 Å². The Balaban J connectivity index is 2.29. The first-order valence-electron chi connectivity index (χ1n) is 8.45. The van der Waals surface area contributed by atoms with Gasteiger partial charge in [-0.05, 0) is 49.2 Å². The van der Waals surface area contributed by atoms with Crippen LogP contribution in [0.25, 0.3) is 0 Å². The van der Waals surface area contributed by atoms with E-state index < -0.39 is 34.4 Å². The Hall–Kier alpha value is -2.58. The third-order valence-electron chi connectivity index (χ3n) is 4.74. The van der Waals surface area contributed by atoms with Gasteiger partial charge >= 0.3 is 5.97 Å². The first-order chi connectivity index (χ1) is 13.1. The number of nitrogens with zero attached hydrogens (tertiary/aromatic N) is 2. The van der Waals surface area contributed by atoms with Gasteiger partial charge in [-0.2, -0.15) is 0 Å². The summed E-state index contributed by atoms with van der Waals surface area (Å²) in [6.07, 6.45) is -0.650. The fourth-order valence-electron chi connectivity index (χ4n) is 3.32. The van der Waals surface area contributed by atoms with E-state index >= 15 is 0 Å². The molecule has 1 aliphatic rings. The lowest BCUT2D eigenvalue weighted by Crippen LogP contribution is -2.55. The van der Waals surface area contributed by atoms with Gasteiger partial charge in [0, 0.05) is 12.1 Å². The number of amides is 1. The summed E-state index contributed by atoms with van der Waals surface area (Å²) >= 11 is 6.10. The van der Waals surface area contributed by atoms with Gasteiger partial charge < -0.3 is 10.0 Å². The highest BCUT2D eigenvalue weighted by atomic mass is 35.5. The van der Waals surface area contributed by atoms with Crippen LogP contribution in [0.3, 0.4) is 0 Å². The standard InChI is InChI=1S/C19H19ClN2O5S/c1-11-9-17(12(2)8-13(11)20)28(26,27)22-15-7-5-4-6-14(15)21(3)19(25)16(22)10-18(23)24/h4-9,16H,10H2,1-3H3,(H,23,24). The number of likely N-dealkylation sites (N-methyl/N-ethyl adjacent to an activating group) is 1. The molecule has 0 radical (unpaired) electrons. The number of benzene rings is 2. The highest BCUT2D eigenvalue weighted by Crippen LogP contribution is 2.40. The van der Waals surface area contributed by atoms with Crippen LogP contribution in [0, 0.1) is 13.8 Å². The zero-order valence-electron chi connectivity index (χ0n) is 15.5. The van der Waals surface area contributed by atoms with Gasteiger partial charge in [0.2, 0.25) is 0 Å². The van der Waals surface area contributed by atoms with Crippen molar-refractivity contribution in [2.24, 2.45) is 0 Å². The van der Waals surface area contributed by atoms with Crippen LogP contribution >= 0.6 is 11.6 Å². The molecule has 1 N–H and O–H groups in total. The Morgan fingerprint density at radius 1 is 1.14 bits per heavy atom. The van der Waals surface area contributed by atoms with Crippen molar-refractivity contribution in [2.75, 3.05) is 16.3 Å². The van der Waals surface area contributed by atoms with Crippen LogP contribution in [0.1, 0.15) is 17.5 Å². The lowest BCUT2D eigenvalue weighted by Gasteiger charge is -2.40. The lowest BCUT2D eigenvalue weighted by atomic mass is 10.1. The Bertz CT molecular complexity index is 1080. The van der Waals surface area contributed by atoms with E-state index in [-0.39, 0.29) is 10.6 Å². The molecule has 0 fully saturated rings. The maximum absolute atomic E-state index is 13.6. The third-order valence-corrected chi connectivity index (χ3v) is 7.11. The van der Waals surface area contributed by atoms with Gasteiger partial charge in [0.25, 0.3) is 15.9 Å². The number of aryl methyl sites for hydroxylation is 2. The Morgan fingerprint density at radius 3 is 2.36 bits per heavy atom. The van der Waals surface area contributed by atoms with Gasteiger partial charge in [0.15, 0.2) is 0 Å². The van der Waals surface area contributed by atoms with Crippen molar-refractivity contribution in [1.29, 1.82) is 0 Å². The highest BCUT2D eigenvalue weighted by molar-refractivity contribution is 7.93. The van der Waals surface area contributed by atoms with E-state index in [1.54, 1.807) is 44.2 Å². The number of rotatable bonds is 4. The number of anilines is 2. The minimum Gasteiger partial charge on any atom is -0.481 e. The Morgan fingerprint density at radius 2 is 1.75 bits per heavy atom. The number of aliphatic carboxylic acids is 1. The van der Waals surface area contributed by atoms with E-state index in [0.29, 0.717) is 21.8 Å². The molecule has 0 aliphatic carbocycles. The van der Waals surface area contributed by atoms with Gasteiger partial charge in [0.05, 0.1) is 22.7 Å². The Labute approximate surface area is 168 Å². The lowest BCUT2D eigenvalue weighted by molar-refractivity contribution is -0.139. The molecular weight excluding hydrogens is 404 g/mol. The summed E-state index contributed by atoms with van der Waals surface area (Å²) in [5, 5.41) is 9.72. The van der Waals surface area contributed by atoms with E-state index in [2.05, 4.69) is 0 Å². The van der Waals surface area contributed by atoms with Crippen molar-refractivity contribution in [1.82, 2.24) is 0 Å². The van der Waals surface area contributed by atoms with Gasteiger partial charge in [-0.3, -0.25) is 13.9 Å². The van der Waals surface area contributed by atoms with Crippen LogP contribution in [-0.2, 0) is 19.6 Å². The van der Waals surface area contributed by atoms with Crippen LogP contribution in [0.4, 0.5) is 11.4 Å². The smallest absolute Gasteiger partial charge is 0.306 e. The second-order valence-electron chi connectivity index (χ2n) is 6.67. The molecule has 1 atom stereocenters. The van der Waals surface area contributed by atoms with Crippen LogP contribution < -0.4 is 9.21 Å². The molecular formula is C19H19ClN2O5S. The van der Waals surface area contributed by atoms with Crippen molar-refractivity contribution in [3.8, 4) is 0 Å². The second kappa shape index (κ2) is 7.10. The van der Waals surface area contributed by atoms with Crippen LogP contribution in [-0.4, -0.2) is 38.5 Å². The van der Waals surface area contributed by atoms with Gasteiger partial charge in [0.1, 0.15) is 6.04 Å². The molecule has 1 amide bonds. The number of hydrogen-bond acceptors (Lipinski definition) is 4. The summed E-state index contributed by atoms with van der Waals surface area (Å²) in [5.41, 5.74) is 1.62. The van der Waals surface area contributed by atoms with Crippen molar-refractivity contribution in [3.05, 3.63) is 52.5 Å². The summed E-state index contributed by atoms with van der Waals surface area (Å²) in [4.78, 5) is 25.5. The van der Waals surface area contributed by atoms with E-state index in [0.717, 1.165) is 4.31 Å². The molecule has 0 aromatic heterocycles. The largest absolute Gasteiger partial charge is 0.481 e. The zero-order valence-corrected chi connectivity index (χ0v) is 17.1. The Kier molecular flexibility index (Phi) is 5.12. The minimum absolute atomic E-state index is 0.0167. The number of halogens is 1. The maximum atomic E-state index is 13.6. The molecule has 0 saturated carbocycles. The average molecular weight is 423 g/mol. The van der Waals surface area contributed by atoms with E-state index in [1.165, 1.54) is 18.0 Å². The van der Waals surface area contributed by atoms with Crippen LogP contribution in [0.5, 0.6) is 0 Å². The molecule has 2 aromatic rings. The van der Waals surface area contributed by atoms with E-state index in [4.69, 9.17) is 11.6 Å². The summed E-state index contributed by atoms with van der Waals surface area (Å²) in [7, 11) is -2.73. The van der Waals surface area contributed by atoms with Crippen LogP contribution in [0.15, 0.2) is 41.3 Å². The molecule has 0 bridgehead atoms. The van der Waals surface area contributed by atoms with E-state index in [1.807, 2.05) is 0 Å². The van der Waals surface area contributed by atoms with Crippen molar-refractivity contribution < 1.29 is 23.1 Å². The molecule has 1 aliphatic heterocycles. The molecule has 3 rings (SSSR count). The number of carboxylic acids is 1. The number of carbonyl (C=O) groups excluding carboxylic acids is 1. The number of fused-ring (bicyclic) bond motifs is 1. The summed E-state index contributed by atoms with van der Waals surface area (Å²) < 4.78 is 28.1. The molecule has 0 spiro atoms. The van der Waals surface area contributed by atoms with Crippen molar-refractivity contribution >= 4 is 44.9 Å². The predicted molar refractivity (Wildman–Crippen MR) is 106 cm³/mol. The molecule has 9 heteroatoms. The number of sulfonamides is 1.